The molecule has 1 aliphatic heterocycles. The molecule has 0 aromatic carbocycles. The number of guanidine groups is 1. The van der Waals surface area contributed by atoms with Crippen molar-refractivity contribution in [2.24, 2.45) is 10.7 Å². The number of hydrogen-bond donors (Lipinski definition) is 2. The number of aliphatic imine (C=N–C) groups is 1. The lowest BCUT2D eigenvalue weighted by molar-refractivity contribution is 0.0376. The molecular formula is C14H32IN5O. The van der Waals surface area contributed by atoms with Crippen LogP contribution >= 0.6 is 24.0 Å². The third-order valence-corrected chi connectivity index (χ3v) is 3.91. The van der Waals surface area contributed by atoms with Gasteiger partial charge in [0.25, 0.3) is 0 Å². The second-order valence-corrected chi connectivity index (χ2v) is 6.14. The first-order valence-electron chi connectivity index (χ1n) is 7.43. The van der Waals surface area contributed by atoms with Crippen molar-refractivity contribution >= 4 is 29.9 Å². The summed E-state index contributed by atoms with van der Waals surface area (Å²) in [6, 6.07) is 0. The highest BCUT2D eigenvalue weighted by Gasteiger charge is 2.19. The van der Waals surface area contributed by atoms with Gasteiger partial charge in [-0.1, -0.05) is 0 Å². The molecule has 0 unspecified atom stereocenters. The number of ether oxygens (including phenoxy) is 1. The second-order valence-electron chi connectivity index (χ2n) is 6.14. The Hall–Kier alpha value is -0.120. The van der Waals surface area contributed by atoms with Crippen LogP contribution in [-0.4, -0.2) is 81.3 Å². The Labute approximate surface area is 146 Å². The lowest BCUT2D eigenvalue weighted by Crippen LogP contribution is -2.43. The SMILES string of the molecule is CN(C)C(C)(C)CN=C(N)NCCCN1CCOCC1.I. The molecule has 1 fully saturated rings. The molecule has 1 rings (SSSR count). The Balaban J connectivity index is 0.00000400. The Bertz CT molecular complexity index is 304. The van der Waals surface area contributed by atoms with Gasteiger partial charge in [-0.05, 0) is 40.9 Å². The zero-order valence-electron chi connectivity index (χ0n) is 13.9. The molecule has 0 aliphatic carbocycles. The first-order chi connectivity index (χ1) is 9.42. The maximum Gasteiger partial charge on any atom is 0.188 e. The minimum atomic E-state index is 0. The summed E-state index contributed by atoms with van der Waals surface area (Å²) in [6.07, 6.45) is 1.08. The van der Waals surface area contributed by atoms with Crippen LogP contribution in [0.15, 0.2) is 4.99 Å². The van der Waals surface area contributed by atoms with E-state index >= 15 is 0 Å². The molecule has 0 spiro atoms. The van der Waals surface area contributed by atoms with Crippen molar-refractivity contribution < 1.29 is 4.74 Å². The molecule has 0 aromatic heterocycles. The van der Waals surface area contributed by atoms with Crippen molar-refractivity contribution in [3.05, 3.63) is 0 Å². The van der Waals surface area contributed by atoms with E-state index in [9.17, 15) is 0 Å². The van der Waals surface area contributed by atoms with Crippen LogP contribution in [0, 0.1) is 0 Å². The van der Waals surface area contributed by atoms with Gasteiger partial charge in [-0.2, -0.15) is 0 Å². The van der Waals surface area contributed by atoms with E-state index in [1.54, 1.807) is 0 Å². The number of morpholine rings is 1. The Morgan fingerprint density at radius 3 is 2.52 bits per heavy atom. The summed E-state index contributed by atoms with van der Waals surface area (Å²) >= 11 is 0. The smallest absolute Gasteiger partial charge is 0.188 e. The van der Waals surface area contributed by atoms with Crippen molar-refractivity contribution in [1.29, 1.82) is 0 Å². The molecule has 0 saturated carbocycles. The summed E-state index contributed by atoms with van der Waals surface area (Å²) < 4.78 is 5.33. The molecule has 1 saturated heterocycles. The van der Waals surface area contributed by atoms with Crippen LogP contribution in [0.2, 0.25) is 0 Å². The summed E-state index contributed by atoms with van der Waals surface area (Å²) in [6.45, 7) is 10.8. The molecule has 3 N–H and O–H groups in total. The van der Waals surface area contributed by atoms with Crippen molar-refractivity contribution in [3.63, 3.8) is 0 Å². The van der Waals surface area contributed by atoms with Crippen molar-refractivity contribution in [3.8, 4) is 0 Å². The van der Waals surface area contributed by atoms with Gasteiger partial charge < -0.3 is 20.7 Å². The van der Waals surface area contributed by atoms with Gasteiger partial charge in [-0.3, -0.25) is 9.89 Å². The fourth-order valence-electron chi connectivity index (χ4n) is 1.82. The maximum atomic E-state index is 5.89. The molecule has 0 atom stereocenters. The number of nitrogens with one attached hydrogen (secondary N) is 1. The Morgan fingerprint density at radius 2 is 1.95 bits per heavy atom. The molecule has 0 amide bonds. The number of halogens is 1. The molecule has 0 bridgehead atoms. The third-order valence-electron chi connectivity index (χ3n) is 3.91. The third kappa shape index (κ3) is 8.80. The van der Waals surface area contributed by atoms with Crippen molar-refractivity contribution in [1.82, 2.24) is 15.1 Å². The normalized spacial score (nSPS) is 17.7. The van der Waals surface area contributed by atoms with E-state index in [1.165, 1.54) is 0 Å². The lowest BCUT2D eigenvalue weighted by atomic mass is 10.1. The monoisotopic (exact) mass is 413 g/mol. The molecule has 0 radical (unpaired) electrons. The van der Waals surface area contributed by atoms with Crippen LogP contribution in [0.3, 0.4) is 0 Å². The van der Waals surface area contributed by atoms with Gasteiger partial charge >= 0.3 is 0 Å². The molecule has 126 valence electrons. The van der Waals surface area contributed by atoms with Crippen LogP contribution in [-0.2, 0) is 4.74 Å². The van der Waals surface area contributed by atoms with Crippen molar-refractivity contribution in [2.45, 2.75) is 25.8 Å². The molecule has 1 aliphatic rings. The van der Waals surface area contributed by atoms with Crippen LogP contribution in [0.5, 0.6) is 0 Å². The van der Waals surface area contributed by atoms with Gasteiger partial charge in [0.15, 0.2) is 5.96 Å². The van der Waals surface area contributed by atoms with E-state index in [0.29, 0.717) is 12.5 Å². The first-order valence-corrected chi connectivity index (χ1v) is 7.43. The molecule has 7 heteroatoms. The average molecular weight is 413 g/mol. The van der Waals surface area contributed by atoms with Crippen LogP contribution in [0.1, 0.15) is 20.3 Å². The highest BCUT2D eigenvalue weighted by Crippen LogP contribution is 2.09. The van der Waals surface area contributed by atoms with E-state index in [1.807, 2.05) is 0 Å². The fraction of sp³-hybridized carbons (Fsp3) is 0.929. The maximum absolute atomic E-state index is 5.89. The van der Waals surface area contributed by atoms with E-state index in [4.69, 9.17) is 10.5 Å². The predicted octanol–water partition coefficient (Wildman–Crippen LogP) is 0.571. The highest BCUT2D eigenvalue weighted by atomic mass is 127. The Kier molecular flexibility index (Phi) is 10.5. The number of nitrogens with zero attached hydrogens (tertiary/aromatic N) is 3. The number of likely N-dealkylation sites (N-methyl/N-ethyl adjacent to an activating group) is 1. The topological polar surface area (TPSA) is 66.1 Å². The fourth-order valence-corrected chi connectivity index (χ4v) is 1.82. The summed E-state index contributed by atoms with van der Waals surface area (Å²) in [7, 11) is 4.11. The van der Waals surface area contributed by atoms with Gasteiger partial charge in [-0.25, -0.2) is 0 Å². The molecular weight excluding hydrogens is 381 g/mol. The van der Waals surface area contributed by atoms with Crippen LogP contribution in [0.4, 0.5) is 0 Å². The van der Waals surface area contributed by atoms with Gasteiger partial charge in [-0.15, -0.1) is 24.0 Å². The highest BCUT2D eigenvalue weighted by molar-refractivity contribution is 14.0. The molecule has 6 nitrogen and oxygen atoms in total. The Morgan fingerprint density at radius 1 is 1.33 bits per heavy atom. The second kappa shape index (κ2) is 10.6. The van der Waals surface area contributed by atoms with Crippen LogP contribution in [0.25, 0.3) is 0 Å². The molecule has 0 aromatic rings. The minimum absolute atomic E-state index is 0. The van der Waals surface area contributed by atoms with Gasteiger partial charge in [0.1, 0.15) is 0 Å². The average Bonchev–Trinajstić information content (AvgIpc) is 2.42. The quantitative estimate of drug-likeness (QED) is 0.277. The number of hydrogen-bond acceptors (Lipinski definition) is 4. The van der Waals surface area contributed by atoms with E-state index < -0.39 is 0 Å². The number of nitrogens with two attached hydrogens (primary N) is 1. The lowest BCUT2D eigenvalue weighted by Gasteiger charge is -2.30. The van der Waals surface area contributed by atoms with Gasteiger partial charge in [0.05, 0.1) is 19.8 Å². The first kappa shape index (κ1) is 20.9. The van der Waals surface area contributed by atoms with E-state index in [0.717, 1.165) is 45.8 Å². The summed E-state index contributed by atoms with van der Waals surface area (Å²) in [5, 5.41) is 3.19. The zero-order chi connectivity index (χ0) is 15.0. The van der Waals surface area contributed by atoms with Gasteiger partial charge in [0.2, 0.25) is 0 Å². The van der Waals surface area contributed by atoms with Gasteiger partial charge in [0, 0.05) is 25.2 Å². The standard InChI is InChI=1S/C14H31N5O.HI/c1-14(2,18(3)4)12-17-13(15)16-6-5-7-19-8-10-20-11-9-19;/h5-12H2,1-4H3,(H3,15,16,17);1H. The summed E-state index contributed by atoms with van der Waals surface area (Å²) in [5.41, 5.74) is 5.91. The number of rotatable bonds is 7. The predicted molar refractivity (Wildman–Crippen MR) is 99.5 cm³/mol. The molecule has 21 heavy (non-hydrogen) atoms. The largest absolute Gasteiger partial charge is 0.379 e. The minimum Gasteiger partial charge on any atom is -0.379 e. The molecule has 1 heterocycles. The summed E-state index contributed by atoms with van der Waals surface area (Å²) in [5.74, 6) is 0.543. The summed E-state index contributed by atoms with van der Waals surface area (Å²) in [4.78, 5) is 8.99. The van der Waals surface area contributed by atoms with E-state index in [-0.39, 0.29) is 29.5 Å². The van der Waals surface area contributed by atoms with Crippen LogP contribution < -0.4 is 11.1 Å². The van der Waals surface area contributed by atoms with Crippen molar-refractivity contribution in [2.75, 3.05) is 60.0 Å². The van der Waals surface area contributed by atoms with E-state index in [2.05, 4.69) is 48.1 Å². The zero-order valence-corrected chi connectivity index (χ0v) is 16.2.